The molecule has 0 fully saturated rings. The maximum absolute atomic E-state index is 11.3. The summed E-state index contributed by atoms with van der Waals surface area (Å²) in [6.07, 6.45) is 1.18. The number of oxime groups is 1. The highest BCUT2D eigenvalue weighted by Crippen LogP contribution is 2.18. The third-order valence-electron chi connectivity index (χ3n) is 2.26. The zero-order valence-electron chi connectivity index (χ0n) is 7.03. The number of Topliss-reactive ketones (excluding diaryl/α,β-unsaturated/α-hetero) is 1. The molecule has 0 unspecified atom stereocenters. The molecule has 0 heterocycles. The first kappa shape index (κ1) is 7.98. The first-order chi connectivity index (χ1) is 6.33. The molecule has 66 valence electrons. The minimum Gasteiger partial charge on any atom is -0.410 e. The first-order valence-electron chi connectivity index (χ1n) is 4.16. The highest BCUT2D eigenvalue weighted by atomic mass is 16.4. The smallest absolute Gasteiger partial charge is 0.185 e. The molecule has 1 N–H and O–H groups in total. The number of benzene rings is 1. The lowest BCUT2D eigenvalue weighted by molar-refractivity contribution is -0.113. The van der Waals surface area contributed by atoms with Gasteiger partial charge in [-0.15, -0.1) is 0 Å². The molecule has 0 aromatic heterocycles. The van der Waals surface area contributed by atoms with Crippen molar-refractivity contribution < 1.29 is 10.0 Å². The van der Waals surface area contributed by atoms with Crippen molar-refractivity contribution >= 4 is 11.5 Å². The summed E-state index contributed by atoms with van der Waals surface area (Å²) in [6.45, 7) is 0. The van der Waals surface area contributed by atoms with E-state index in [1.165, 1.54) is 0 Å². The van der Waals surface area contributed by atoms with Crippen molar-refractivity contribution in [3.8, 4) is 0 Å². The van der Waals surface area contributed by atoms with Gasteiger partial charge in [-0.1, -0.05) is 29.4 Å². The average Bonchev–Trinajstić information content (AvgIpc) is 2.18. The summed E-state index contributed by atoms with van der Waals surface area (Å²) in [5.74, 6) is -0.0822. The van der Waals surface area contributed by atoms with Crippen LogP contribution in [0.3, 0.4) is 0 Å². The van der Waals surface area contributed by atoms with Crippen LogP contribution in [0.15, 0.2) is 29.4 Å². The van der Waals surface area contributed by atoms with Crippen molar-refractivity contribution in [2.75, 3.05) is 0 Å². The van der Waals surface area contributed by atoms with E-state index in [0.29, 0.717) is 6.42 Å². The summed E-state index contributed by atoms with van der Waals surface area (Å²) in [4.78, 5) is 11.3. The van der Waals surface area contributed by atoms with Crippen LogP contribution >= 0.6 is 0 Å². The largest absolute Gasteiger partial charge is 0.410 e. The molecule has 1 aromatic rings. The summed E-state index contributed by atoms with van der Waals surface area (Å²) in [6, 6.07) is 7.51. The van der Waals surface area contributed by atoms with Crippen LogP contribution in [0.4, 0.5) is 0 Å². The van der Waals surface area contributed by atoms with Crippen molar-refractivity contribution in [2.24, 2.45) is 5.16 Å². The van der Waals surface area contributed by atoms with Gasteiger partial charge in [0.1, 0.15) is 0 Å². The van der Waals surface area contributed by atoms with Crippen molar-refractivity contribution in [2.45, 2.75) is 12.8 Å². The Kier molecular flexibility index (Phi) is 1.85. The van der Waals surface area contributed by atoms with Gasteiger partial charge in [0.05, 0.1) is 0 Å². The molecule has 2 rings (SSSR count). The number of rotatable bonds is 0. The maximum Gasteiger partial charge on any atom is 0.185 e. The maximum atomic E-state index is 11.3. The highest BCUT2D eigenvalue weighted by molar-refractivity contribution is 6.47. The Morgan fingerprint density at radius 3 is 2.77 bits per heavy atom. The Morgan fingerprint density at radius 2 is 2.00 bits per heavy atom. The van der Waals surface area contributed by atoms with E-state index in [4.69, 9.17) is 5.21 Å². The van der Waals surface area contributed by atoms with Gasteiger partial charge in [0.2, 0.25) is 0 Å². The number of carbonyl (C=O) groups excluding carboxylic acids is 1. The van der Waals surface area contributed by atoms with E-state index in [9.17, 15) is 4.79 Å². The summed E-state index contributed by atoms with van der Waals surface area (Å²) < 4.78 is 0. The second kappa shape index (κ2) is 3.01. The number of carbonyl (C=O) groups is 1. The molecule has 0 saturated heterocycles. The van der Waals surface area contributed by atoms with Gasteiger partial charge < -0.3 is 5.21 Å². The molecule has 1 aliphatic rings. The Balaban J connectivity index is 2.58. The van der Waals surface area contributed by atoms with Crippen LogP contribution in [0.25, 0.3) is 0 Å². The molecule has 1 aliphatic carbocycles. The van der Waals surface area contributed by atoms with Gasteiger partial charge in [-0.05, 0) is 12.0 Å². The lowest BCUT2D eigenvalue weighted by atomic mass is 9.89. The fraction of sp³-hybridized carbons (Fsp3) is 0.200. The first-order valence-corrected chi connectivity index (χ1v) is 4.16. The van der Waals surface area contributed by atoms with E-state index in [-0.39, 0.29) is 11.5 Å². The predicted octanol–water partition coefficient (Wildman–Crippen LogP) is 1.38. The van der Waals surface area contributed by atoms with Crippen LogP contribution in [0, 0.1) is 0 Å². The number of aryl methyl sites for hydroxylation is 1. The van der Waals surface area contributed by atoms with Crippen LogP contribution in [0.1, 0.15) is 17.5 Å². The fourth-order valence-corrected chi connectivity index (χ4v) is 1.60. The molecule has 3 nitrogen and oxygen atoms in total. The molecule has 0 spiro atoms. The highest BCUT2D eigenvalue weighted by Gasteiger charge is 2.22. The van der Waals surface area contributed by atoms with Crippen LogP contribution in [-0.4, -0.2) is 16.7 Å². The number of nitrogens with zero attached hydrogens (tertiary/aromatic N) is 1. The van der Waals surface area contributed by atoms with Crippen molar-refractivity contribution in [1.82, 2.24) is 0 Å². The number of hydrogen-bond acceptors (Lipinski definition) is 3. The second-order valence-corrected chi connectivity index (χ2v) is 3.03. The Labute approximate surface area is 75.7 Å². The van der Waals surface area contributed by atoms with Gasteiger partial charge in [-0.3, -0.25) is 4.79 Å². The Morgan fingerprint density at radius 1 is 1.23 bits per heavy atom. The molecule has 13 heavy (non-hydrogen) atoms. The van der Waals surface area contributed by atoms with Gasteiger partial charge >= 0.3 is 0 Å². The van der Waals surface area contributed by atoms with Crippen LogP contribution in [0.5, 0.6) is 0 Å². The second-order valence-electron chi connectivity index (χ2n) is 3.03. The van der Waals surface area contributed by atoms with E-state index in [1.807, 2.05) is 18.2 Å². The lowest BCUT2D eigenvalue weighted by Gasteiger charge is -2.14. The summed E-state index contributed by atoms with van der Waals surface area (Å²) in [7, 11) is 0. The van der Waals surface area contributed by atoms with E-state index in [0.717, 1.165) is 17.5 Å². The number of fused-ring (bicyclic) bond motifs is 1. The predicted molar refractivity (Wildman–Crippen MR) is 48.1 cm³/mol. The van der Waals surface area contributed by atoms with Crippen molar-refractivity contribution in [3.63, 3.8) is 0 Å². The average molecular weight is 175 g/mol. The SMILES string of the molecule is O=C1CCc2ccccc2C1=NO. The van der Waals surface area contributed by atoms with Gasteiger partial charge in [0.25, 0.3) is 0 Å². The standard InChI is InChI=1S/C10H9NO2/c12-9-6-5-7-3-1-2-4-8(7)10(9)11-13/h1-4,13H,5-6H2. The van der Waals surface area contributed by atoms with E-state index in [1.54, 1.807) is 6.07 Å². The van der Waals surface area contributed by atoms with Gasteiger partial charge in [0.15, 0.2) is 11.5 Å². The minimum absolute atomic E-state index is 0.0822. The summed E-state index contributed by atoms with van der Waals surface area (Å²) in [5, 5.41) is 11.7. The van der Waals surface area contributed by atoms with E-state index < -0.39 is 0 Å². The molecule has 0 amide bonds. The molecular weight excluding hydrogens is 166 g/mol. The van der Waals surface area contributed by atoms with E-state index >= 15 is 0 Å². The van der Waals surface area contributed by atoms with Crippen LogP contribution < -0.4 is 0 Å². The monoisotopic (exact) mass is 175 g/mol. The molecule has 1 aromatic carbocycles. The third kappa shape index (κ3) is 1.22. The molecule has 0 radical (unpaired) electrons. The van der Waals surface area contributed by atoms with E-state index in [2.05, 4.69) is 5.16 Å². The third-order valence-corrected chi connectivity index (χ3v) is 2.26. The molecular formula is C10H9NO2. The van der Waals surface area contributed by atoms with Crippen molar-refractivity contribution in [3.05, 3.63) is 35.4 Å². The summed E-state index contributed by atoms with van der Waals surface area (Å²) >= 11 is 0. The molecule has 0 bridgehead atoms. The quantitative estimate of drug-likeness (QED) is 0.478. The fourth-order valence-electron chi connectivity index (χ4n) is 1.60. The zero-order chi connectivity index (χ0) is 9.26. The molecule has 0 saturated carbocycles. The van der Waals surface area contributed by atoms with Gasteiger partial charge in [-0.25, -0.2) is 0 Å². The topological polar surface area (TPSA) is 49.7 Å². The summed E-state index contributed by atoms with van der Waals surface area (Å²) in [5.41, 5.74) is 2.04. The molecule has 3 heteroatoms. The number of hydrogen-bond donors (Lipinski definition) is 1. The van der Waals surface area contributed by atoms with Crippen LogP contribution in [-0.2, 0) is 11.2 Å². The minimum atomic E-state index is -0.0822. The van der Waals surface area contributed by atoms with Gasteiger partial charge in [0, 0.05) is 12.0 Å². The lowest BCUT2D eigenvalue weighted by Crippen LogP contribution is -2.22. The van der Waals surface area contributed by atoms with Gasteiger partial charge in [-0.2, -0.15) is 0 Å². The number of ketones is 1. The Bertz CT molecular complexity index is 382. The van der Waals surface area contributed by atoms with Crippen molar-refractivity contribution in [1.29, 1.82) is 0 Å². The zero-order valence-corrected chi connectivity index (χ0v) is 7.03. The molecule has 0 atom stereocenters. The normalized spacial score (nSPS) is 18.8. The molecule has 0 aliphatic heterocycles. The Hall–Kier alpha value is -1.64. The van der Waals surface area contributed by atoms with Crippen LogP contribution in [0.2, 0.25) is 0 Å².